The summed E-state index contributed by atoms with van der Waals surface area (Å²) in [6, 6.07) is 0.223. The average molecular weight is 282 g/mol. The number of hydrogen-bond acceptors (Lipinski definition) is 2. The molecule has 0 radical (unpaired) electrons. The summed E-state index contributed by atoms with van der Waals surface area (Å²) < 4.78 is 0. The Hall–Kier alpha value is -1.06. The topological polar surface area (TPSA) is 49.4 Å². The Labute approximate surface area is 123 Å². The first-order valence-electron chi connectivity index (χ1n) is 7.85. The van der Waals surface area contributed by atoms with Gasteiger partial charge in [0.2, 0.25) is 11.8 Å². The predicted octanol–water partition coefficient (Wildman–Crippen LogP) is 2.58. The van der Waals surface area contributed by atoms with E-state index >= 15 is 0 Å². The second-order valence-corrected chi connectivity index (χ2v) is 7.04. The number of nitrogens with one attached hydrogen (secondary N) is 1. The molecule has 116 valence electrons. The highest BCUT2D eigenvalue weighted by Crippen LogP contribution is 2.23. The van der Waals surface area contributed by atoms with Gasteiger partial charge in [0.05, 0.1) is 5.92 Å². The van der Waals surface area contributed by atoms with Crippen molar-refractivity contribution in [3.05, 3.63) is 0 Å². The summed E-state index contributed by atoms with van der Waals surface area (Å²) in [4.78, 5) is 26.4. The van der Waals surface area contributed by atoms with Crippen LogP contribution in [0.3, 0.4) is 0 Å². The Balaban J connectivity index is 2.56. The lowest BCUT2D eigenvalue weighted by molar-refractivity contribution is -0.142. The van der Waals surface area contributed by atoms with Gasteiger partial charge < -0.3 is 10.2 Å². The molecule has 1 rings (SSSR count). The molecule has 0 aromatic carbocycles. The average Bonchev–Trinajstić information content (AvgIpc) is 2.37. The maximum Gasteiger partial charge on any atom is 0.227 e. The Morgan fingerprint density at radius 3 is 2.55 bits per heavy atom. The lowest BCUT2D eigenvalue weighted by Gasteiger charge is -2.36. The van der Waals surface area contributed by atoms with Crippen LogP contribution in [-0.2, 0) is 9.59 Å². The van der Waals surface area contributed by atoms with Gasteiger partial charge in [-0.25, -0.2) is 0 Å². The van der Waals surface area contributed by atoms with Crippen LogP contribution in [0, 0.1) is 11.3 Å². The second kappa shape index (κ2) is 7.09. The van der Waals surface area contributed by atoms with Crippen molar-refractivity contribution >= 4 is 11.8 Å². The number of rotatable bonds is 4. The van der Waals surface area contributed by atoms with Crippen molar-refractivity contribution in [3.63, 3.8) is 0 Å². The Morgan fingerprint density at radius 2 is 2.00 bits per heavy atom. The molecule has 1 N–H and O–H groups in total. The van der Waals surface area contributed by atoms with Gasteiger partial charge in [-0.15, -0.1) is 0 Å². The number of carbonyl (C=O) groups excluding carboxylic acids is 2. The van der Waals surface area contributed by atoms with Crippen LogP contribution in [0.25, 0.3) is 0 Å². The molecule has 0 spiro atoms. The minimum Gasteiger partial charge on any atom is -0.353 e. The minimum absolute atomic E-state index is 0.0469. The van der Waals surface area contributed by atoms with Crippen molar-refractivity contribution in [1.29, 1.82) is 0 Å². The summed E-state index contributed by atoms with van der Waals surface area (Å²) >= 11 is 0. The van der Waals surface area contributed by atoms with Gasteiger partial charge in [0.15, 0.2) is 0 Å². The predicted molar refractivity (Wildman–Crippen MR) is 81.3 cm³/mol. The molecule has 2 atom stereocenters. The largest absolute Gasteiger partial charge is 0.353 e. The molecule has 1 aliphatic heterocycles. The van der Waals surface area contributed by atoms with Gasteiger partial charge in [-0.05, 0) is 26.2 Å². The zero-order valence-corrected chi connectivity index (χ0v) is 13.7. The normalized spacial score (nSPS) is 21.4. The van der Waals surface area contributed by atoms with Gasteiger partial charge in [0, 0.05) is 24.5 Å². The van der Waals surface area contributed by atoms with Crippen molar-refractivity contribution in [3.8, 4) is 0 Å². The molecule has 20 heavy (non-hydrogen) atoms. The van der Waals surface area contributed by atoms with E-state index in [0.717, 1.165) is 32.2 Å². The number of amides is 2. The molecule has 0 aliphatic carbocycles. The smallest absolute Gasteiger partial charge is 0.227 e. The molecule has 2 amide bonds. The minimum atomic E-state index is -0.367. The summed E-state index contributed by atoms with van der Waals surface area (Å²) in [5.74, 6) is 0.211. The van der Waals surface area contributed by atoms with Gasteiger partial charge >= 0.3 is 0 Å². The van der Waals surface area contributed by atoms with E-state index in [-0.39, 0.29) is 29.2 Å². The van der Waals surface area contributed by atoms with E-state index in [2.05, 4.69) is 12.2 Å². The Bertz CT molecular complexity index is 347. The molecule has 0 unspecified atom stereocenters. The Kier molecular flexibility index (Phi) is 6.03. The summed E-state index contributed by atoms with van der Waals surface area (Å²) in [5.41, 5.74) is -0.367. The monoisotopic (exact) mass is 282 g/mol. The lowest BCUT2D eigenvalue weighted by atomic mass is 9.90. The summed E-state index contributed by atoms with van der Waals surface area (Å²) in [5, 5.41) is 3.07. The van der Waals surface area contributed by atoms with Crippen LogP contribution in [0.15, 0.2) is 0 Å². The molecule has 1 aliphatic rings. The highest BCUT2D eigenvalue weighted by atomic mass is 16.2. The molecule has 1 heterocycles. The fourth-order valence-electron chi connectivity index (χ4n) is 2.72. The molecular weight excluding hydrogens is 252 g/mol. The van der Waals surface area contributed by atoms with Crippen LogP contribution in [0.5, 0.6) is 0 Å². The quantitative estimate of drug-likeness (QED) is 0.861. The SMILES string of the molecule is CCC[C@@H](C)NC(=O)[C@@H]1CCCN(C(=O)C(C)(C)C)C1. The third-order valence-corrected chi connectivity index (χ3v) is 3.83. The van der Waals surface area contributed by atoms with Crippen LogP contribution in [0.4, 0.5) is 0 Å². The number of piperidine rings is 1. The standard InChI is InChI=1S/C16H30N2O2/c1-6-8-12(2)17-14(19)13-9-7-10-18(11-13)15(20)16(3,4)5/h12-13H,6-11H2,1-5H3,(H,17,19)/t12-,13-/m1/s1. The Morgan fingerprint density at radius 1 is 1.35 bits per heavy atom. The molecule has 0 aromatic rings. The fourth-order valence-corrected chi connectivity index (χ4v) is 2.72. The maximum atomic E-state index is 12.3. The molecule has 0 aromatic heterocycles. The van der Waals surface area contributed by atoms with Crippen LogP contribution in [0.1, 0.15) is 60.3 Å². The van der Waals surface area contributed by atoms with Crippen molar-refractivity contribution in [1.82, 2.24) is 10.2 Å². The zero-order valence-electron chi connectivity index (χ0n) is 13.7. The highest BCUT2D eigenvalue weighted by Gasteiger charge is 2.33. The fraction of sp³-hybridized carbons (Fsp3) is 0.875. The third kappa shape index (κ3) is 4.80. The number of likely N-dealkylation sites (tertiary alicyclic amines) is 1. The summed E-state index contributed by atoms with van der Waals surface area (Å²) in [6.07, 6.45) is 3.88. The lowest BCUT2D eigenvalue weighted by Crippen LogP contribution is -2.49. The molecule has 4 heteroatoms. The maximum absolute atomic E-state index is 12.3. The first-order chi connectivity index (χ1) is 9.25. The van der Waals surface area contributed by atoms with Crippen LogP contribution in [0.2, 0.25) is 0 Å². The van der Waals surface area contributed by atoms with E-state index in [9.17, 15) is 9.59 Å². The number of nitrogens with zero attached hydrogens (tertiary/aromatic N) is 1. The van der Waals surface area contributed by atoms with Gasteiger partial charge in [-0.2, -0.15) is 0 Å². The summed E-state index contributed by atoms with van der Waals surface area (Å²) in [7, 11) is 0. The van der Waals surface area contributed by atoms with Crippen molar-refractivity contribution < 1.29 is 9.59 Å². The molecular formula is C16H30N2O2. The molecule has 0 bridgehead atoms. The van der Waals surface area contributed by atoms with Gasteiger partial charge in [0.25, 0.3) is 0 Å². The van der Waals surface area contributed by atoms with Gasteiger partial charge in [0.1, 0.15) is 0 Å². The number of hydrogen-bond donors (Lipinski definition) is 1. The second-order valence-electron chi connectivity index (χ2n) is 7.04. The third-order valence-electron chi connectivity index (χ3n) is 3.83. The van der Waals surface area contributed by atoms with Crippen molar-refractivity contribution in [2.45, 2.75) is 66.3 Å². The van der Waals surface area contributed by atoms with Crippen molar-refractivity contribution in [2.75, 3.05) is 13.1 Å². The summed E-state index contributed by atoms with van der Waals surface area (Å²) in [6.45, 7) is 11.3. The number of carbonyl (C=O) groups is 2. The molecule has 1 fully saturated rings. The van der Waals surface area contributed by atoms with Crippen molar-refractivity contribution in [2.24, 2.45) is 11.3 Å². The van der Waals surface area contributed by atoms with Gasteiger partial charge in [-0.3, -0.25) is 9.59 Å². The van der Waals surface area contributed by atoms with E-state index < -0.39 is 0 Å². The highest BCUT2D eigenvalue weighted by molar-refractivity contribution is 5.84. The molecule has 0 saturated carbocycles. The van der Waals surface area contributed by atoms with Crippen LogP contribution in [-0.4, -0.2) is 35.8 Å². The molecule has 1 saturated heterocycles. The first-order valence-corrected chi connectivity index (χ1v) is 7.85. The van der Waals surface area contributed by atoms with E-state index in [1.807, 2.05) is 32.6 Å². The van der Waals surface area contributed by atoms with E-state index in [0.29, 0.717) is 6.54 Å². The van der Waals surface area contributed by atoms with Crippen LogP contribution < -0.4 is 5.32 Å². The van der Waals surface area contributed by atoms with E-state index in [4.69, 9.17) is 0 Å². The molecule has 4 nitrogen and oxygen atoms in total. The van der Waals surface area contributed by atoms with E-state index in [1.165, 1.54) is 0 Å². The first kappa shape index (κ1) is 17.0. The zero-order chi connectivity index (χ0) is 15.3. The van der Waals surface area contributed by atoms with Crippen LogP contribution >= 0.6 is 0 Å². The van der Waals surface area contributed by atoms with Gasteiger partial charge in [-0.1, -0.05) is 34.1 Å². The van der Waals surface area contributed by atoms with E-state index in [1.54, 1.807) is 0 Å².